The second-order valence-electron chi connectivity index (χ2n) is 5.59. The van der Waals surface area contributed by atoms with Crippen molar-refractivity contribution in [3.8, 4) is 6.07 Å². The zero-order chi connectivity index (χ0) is 15.9. The first-order valence-corrected chi connectivity index (χ1v) is 7.73. The number of benzene rings is 1. The van der Waals surface area contributed by atoms with E-state index >= 15 is 0 Å². The maximum Gasteiger partial charge on any atom is 0.227 e. The number of likely N-dealkylation sites (tertiary alicyclic amines) is 1. The summed E-state index contributed by atoms with van der Waals surface area (Å²) in [4.78, 5) is 26.0. The molecule has 1 aliphatic heterocycles. The SMILES string of the molecule is CCCC(=O)N1CCC(C(=O)Nc2cccc(C#N)c2)CC1. The average Bonchev–Trinajstić information content (AvgIpc) is 2.55. The fourth-order valence-electron chi connectivity index (χ4n) is 2.67. The van der Waals surface area contributed by atoms with E-state index in [-0.39, 0.29) is 17.7 Å². The number of nitrogens with zero attached hydrogens (tertiary/aromatic N) is 2. The topological polar surface area (TPSA) is 73.2 Å². The molecule has 1 aromatic rings. The predicted octanol–water partition coefficient (Wildman–Crippen LogP) is 2.54. The van der Waals surface area contributed by atoms with Gasteiger partial charge < -0.3 is 10.2 Å². The molecule has 0 aromatic heterocycles. The molecule has 116 valence electrons. The van der Waals surface area contributed by atoms with Crippen LogP contribution in [0.25, 0.3) is 0 Å². The highest BCUT2D eigenvalue weighted by Crippen LogP contribution is 2.20. The van der Waals surface area contributed by atoms with Crippen molar-refractivity contribution in [3.63, 3.8) is 0 Å². The number of hydrogen-bond donors (Lipinski definition) is 1. The highest BCUT2D eigenvalue weighted by Gasteiger charge is 2.26. The van der Waals surface area contributed by atoms with Crippen molar-refractivity contribution < 1.29 is 9.59 Å². The zero-order valence-corrected chi connectivity index (χ0v) is 12.8. The van der Waals surface area contributed by atoms with Gasteiger partial charge in [-0.3, -0.25) is 9.59 Å². The predicted molar refractivity (Wildman–Crippen MR) is 84.0 cm³/mol. The molecule has 2 amide bonds. The highest BCUT2D eigenvalue weighted by molar-refractivity contribution is 5.92. The van der Waals surface area contributed by atoms with Gasteiger partial charge in [0.15, 0.2) is 0 Å². The summed E-state index contributed by atoms with van der Waals surface area (Å²) in [5.41, 5.74) is 1.17. The first-order valence-electron chi connectivity index (χ1n) is 7.73. The normalized spacial score (nSPS) is 15.2. The van der Waals surface area contributed by atoms with E-state index in [0.717, 1.165) is 6.42 Å². The van der Waals surface area contributed by atoms with E-state index in [1.807, 2.05) is 11.8 Å². The maximum atomic E-state index is 12.3. The molecule has 5 heteroatoms. The Kier molecular flexibility index (Phi) is 5.54. The summed E-state index contributed by atoms with van der Waals surface area (Å²) >= 11 is 0. The summed E-state index contributed by atoms with van der Waals surface area (Å²) in [7, 11) is 0. The van der Waals surface area contributed by atoms with Crippen molar-refractivity contribution in [1.29, 1.82) is 5.26 Å². The molecule has 0 atom stereocenters. The monoisotopic (exact) mass is 299 g/mol. The van der Waals surface area contributed by atoms with Crippen molar-refractivity contribution >= 4 is 17.5 Å². The minimum Gasteiger partial charge on any atom is -0.343 e. The lowest BCUT2D eigenvalue weighted by atomic mass is 9.95. The van der Waals surface area contributed by atoms with Gasteiger partial charge >= 0.3 is 0 Å². The van der Waals surface area contributed by atoms with Crippen LogP contribution in [-0.4, -0.2) is 29.8 Å². The van der Waals surface area contributed by atoms with Gasteiger partial charge in [0, 0.05) is 31.1 Å². The molecule has 1 N–H and O–H groups in total. The van der Waals surface area contributed by atoms with Gasteiger partial charge in [0.25, 0.3) is 0 Å². The van der Waals surface area contributed by atoms with E-state index < -0.39 is 0 Å². The first kappa shape index (κ1) is 16.0. The molecular formula is C17H21N3O2. The Balaban J connectivity index is 1.87. The molecule has 0 spiro atoms. The zero-order valence-electron chi connectivity index (χ0n) is 12.8. The standard InChI is InChI=1S/C17H21N3O2/c1-2-4-16(21)20-9-7-14(8-10-20)17(22)19-15-6-3-5-13(11-15)12-18/h3,5-6,11,14H,2,4,7-10H2,1H3,(H,19,22). The lowest BCUT2D eigenvalue weighted by Gasteiger charge is -2.31. The average molecular weight is 299 g/mol. The van der Waals surface area contributed by atoms with Crippen molar-refractivity contribution in [2.45, 2.75) is 32.6 Å². The molecule has 1 heterocycles. The minimum atomic E-state index is -0.0728. The van der Waals surface area contributed by atoms with Crippen LogP contribution in [0.4, 0.5) is 5.69 Å². The Bertz CT molecular complexity index is 584. The molecule has 0 radical (unpaired) electrons. The Morgan fingerprint density at radius 1 is 1.36 bits per heavy atom. The van der Waals surface area contributed by atoms with Crippen LogP contribution in [0.15, 0.2) is 24.3 Å². The Labute approximate surface area is 130 Å². The van der Waals surface area contributed by atoms with Crippen LogP contribution in [0, 0.1) is 17.2 Å². The number of carbonyl (C=O) groups excluding carboxylic acids is 2. The largest absolute Gasteiger partial charge is 0.343 e. The van der Waals surface area contributed by atoms with E-state index in [9.17, 15) is 9.59 Å². The fourth-order valence-corrected chi connectivity index (χ4v) is 2.67. The van der Waals surface area contributed by atoms with Crippen LogP contribution < -0.4 is 5.32 Å². The molecule has 22 heavy (non-hydrogen) atoms. The quantitative estimate of drug-likeness (QED) is 0.928. The van der Waals surface area contributed by atoms with Crippen molar-refractivity contribution in [3.05, 3.63) is 29.8 Å². The number of piperidine rings is 1. The van der Waals surface area contributed by atoms with Crippen LogP contribution in [0.1, 0.15) is 38.2 Å². The molecule has 0 aliphatic carbocycles. The van der Waals surface area contributed by atoms with Crippen molar-refractivity contribution in [2.24, 2.45) is 5.92 Å². The second kappa shape index (κ2) is 7.60. The minimum absolute atomic E-state index is 0.0299. The van der Waals surface area contributed by atoms with Crippen molar-refractivity contribution in [1.82, 2.24) is 4.90 Å². The van der Waals surface area contributed by atoms with Crippen LogP contribution in [-0.2, 0) is 9.59 Å². The first-order chi connectivity index (χ1) is 10.6. The Morgan fingerprint density at radius 3 is 2.73 bits per heavy atom. The third-order valence-electron chi connectivity index (χ3n) is 3.94. The number of anilines is 1. The van der Waals surface area contributed by atoms with Crippen LogP contribution in [0.5, 0.6) is 0 Å². The van der Waals surface area contributed by atoms with Gasteiger partial charge in [0.1, 0.15) is 0 Å². The number of amides is 2. The van der Waals surface area contributed by atoms with E-state index in [2.05, 4.69) is 11.4 Å². The van der Waals surface area contributed by atoms with Gasteiger partial charge in [0.2, 0.25) is 11.8 Å². The summed E-state index contributed by atoms with van der Waals surface area (Å²) in [5, 5.41) is 11.7. The third kappa shape index (κ3) is 4.08. The number of hydrogen-bond acceptors (Lipinski definition) is 3. The summed E-state index contributed by atoms with van der Waals surface area (Å²) in [5.74, 6) is 0.0807. The highest BCUT2D eigenvalue weighted by atomic mass is 16.2. The van der Waals surface area contributed by atoms with E-state index in [1.165, 1.54) is 0 Å². The summed E-state index contributed by atoms with van der Waals surface area (Å²) in [6.45, 7) is 3.29. The number of nitrogens with one attached hydrogen (secondary N) is 1. The van der Waals surface area contributed by atoms with E-state index in [0.29, 0.717) is 43.6 Å². The maximum absolute atomic E-state index is 12.3. The molecule has 0 saturated carbocycles. The van der Waals surface area contributed by atoms with Crippen molar-refractivity contribution in [2.75, 3.05) is 18.4 Å². The number of nitriles is 1. The lowest BCUT2D eigenvalue weighted by Crippen LogP contribution is -2.41. The molecule has 0 unspecified atom stereocenters. The van der Waals surface area contributed by atoms with Gasteiger partial charge in [-0.2, -0.15) is 5.26 Å². The Morgan fingerprint density at radius 2 is 2.09 bits per heavy atom. The number of rotatable bonds is 4. The van der Waals surface area contributed by atoms with Gasteiger partial charge in [-0.05, 0) is 37.5 Å². The molecule has 1 fully saturated rings. The molecule has 1 aliphatic rings. The van der Waals surface area contributed by atoms with Gasteiger partial charge in [0.05, 0.1) is 11.6 Å². The lowest BCUT2D eigenvalue weighted by molar-refractivity contribution is -0.134. The van der Waals surface area contributed by atoms with E-state index in [1.54, 1.807) is 24.3 Å². The van der Waals surface area contributed by atoms with E-state index in [4.69, 9.17) is 5.26 Å². The van der Waals surface area contributed by atoms with Crippen LogP contribution in [0.3, 0.4) is 0 Å². The molecule has 2 rings (SSSR count). The summed E-state index contributed by atoms with van der Waals surface area (Å²) in [6, 6.07) is 8.95. The summed E-state index contributed by atoms with van der Waals surface area (Å²) < 4.78 is 0. The van der Waals surface area contributed by atoms with Gasteiger partial charge in [-0.15, -0.1) is 0 Å². The smallest absolute Gasteiger partial charge is 0.227 e. The molecule has 5 nitrogen and oxygen atoms in total. The van der Waals surface area contributed by atoms with Crippen LogP contribution >= 0.6 is 0 Å². The van der Waals surface area contributed by atoms with Gasteiger partial charge in [-0.25, -0.2) is 0 Å². The molecule has 1 saturated heterocycles. The molecular weight excluding hydrogens is 278 g/mol. The van der Waals surface area contributed by atoms with Crippen LogP contribution in [0.2, 0.25) is 0 Å². The van der Waals surface area contributed by atoms with Gasteiger partial charge in [-0.1, -0.05) is 13.0 Å². The number of carbonyl (C=O) groups is 2. The molecule has 0 bridgehead atoms. The third-order valence-corrected chi connectivity index (χ3v) is 3.94. The summed E-state index contributed by atoms with van der Waals surface area (Å²) in [6.07, 6.45) is 2.82. The fraction of sp³-hybridized carbons (Fsp3) is 0.471. The molecule has 1 aromatic carbocycles. The Hall–Kier alpha value is -2.35. The second-order valence-corrected chi connectivity index (χ2v) is 5.59.